The Balaban J connectivity index is 2.73. The van der Waals surface area contributed by atoms with Gasteiger partial charge in [0.15, 0.2) is 0 Å². The van der Waals surface area contributed by atoms with Crippen molar-refractivity contribution in [2.24, 2.45) is 0 Å². The molecule has 0 spiro atoms. The molecule has 0 aliphatic heterocycles. The van der Waals surface area contributed by atoms with E-state index in [1.165, 1.54) is 6.07 Å². The molecule has 0 saturated heterocycles. The van der Waals surface area contributed by atoms with Gasteiger partial charge in [-0.25, -0.2) is 0 Å². The van der Waals surface area contributed by atoms with Crippen LogP contribution < -0.4 is 3.61 Å². The fourth-order valence-corrected chi connectivity index (χ4v) is 5.20. The summed E-state index contributed by atoms with van der Waals surface area (Å²) in [6.45, 7) is 0. The van der Waals surface area contributed by atoms with E-state index in [1.54, 1.807) is 0 Å². The van der Waals surface area contributed by atoms with E-state index in [9.17, 15) is 48.3 Å². The van der Waals surface area contributed by atoms with Gasteiger partial charge in [0.1, 0.15) is 0 Å². The second-order valence-electron chi connectivity index (χ2n) is 4.88. The summed E-state index contributed by atoms with van der Waals surface area (Å²) in [5, 5.41) is 0. The normalized spacial score (nSPS) is 28.3. The summed E-state index contributed by atoms with van der Waals surface area (Å²) < 4.78 is 142. The molecule has 1 aliphatic carbocycles. The molecule has 0 N–H and O–H groups in total. The van der Waals surface area contributed by atoms with E-state index in [4.69, 9.17) is 0 Å². The van der Waals surface area contributed by atoms with Crippen molar-refractivity contribution >= 4 is 24.5 Å². The van der Waals surface area contributed by atoms with E-state index in [0.29, 0.717) is 0 Å². The quantitative estimate of drug-likeness (QED) is 0.441. The third kappa shape index (κ3) is 1.98. The summed E-state index contributed by atoms with van der Waals surface area (Å²) in [5.41, 5.74) is 0. The zero-order valence-corrected chi connectivity index (χ0v) is 13.3. The summed E-state index contributed by atoms with van der Waals surface area (Å²) in [6.07, 6.45) is 0. The van der Waals surface area contributed by atoms with Gasteiger partial charge < -0.3 is 0 Å². The van der Waals surface area contributed by atoms with Gasteiger partial charge >= 0.3 is 136 Å². The molecular weight excluding hydrogens is 481 g/mol. The first-order valence-electron chi connectivity index (χ1n) is 5.90. The Labute approximate surface area is 137 Å². The predicted octanol–water partition coefficient (Wildman–Crippen LogP) is 3.87. The molecule has 0 nitrogen and oxygen atoms in total. The number of halogens is 11. The topological polar surface area (TPSA) is 0 Å². The number of rotatable bonds is 2. The van der Waals surface area contributed by atoms with Crippen molar-refractivity contribution in [1.82, 2.24) is 0 Å². The van der Waals surface area contributed by atoms with Gasteiger partial charge in [-0.3, -0.25) is 0 Å². The zero-order chi connectivity index (χ0) is 18.8. The van der Waals surface area contributed by atoms with Crippen LogP contribution in [0.1, 0.15) is 0 Å². The van der Waals surface area contributed by atoms with Crippen LogP contribution in [-0.2, 0) is 0 Å². The summed E-state index contributed by atoms with van der Waals surface area (Å²) >= 11 is -3.81. The molecule has 24 heavy (non-hydrogen) atoms. The standard InChI is InChI=1S/C12H5F11Te/c13-7(14)8(15,16)10(19,20)12(23,11(21,22)9(7,17)18)24-6-4-2-1-3-5-6/h1-5H. The van der Waals surface area contributed by atoms with Crippen molar-refractivity contribution in [2.45, 2.75) is 33.3 Å². The van der Waals surface area contributed by atoms with Gasteiger partial charge in [0.2, 0.25) is 0 Å². The van der Waals surface area contributed by atoms with Crippen molar-refractivity contribution in [1.29, 1.82) is 0 Å². The van der Waals surface area contributed by atoms with Crippen LogP contribution in [0.2, 0.25) is 0 Å². The van der Waals surface area contributed by atoms with E-state index in [-0.39, 0.29) is 0 Å². The third-order valence-corrected chi connectivity index (χ3v) is 7.10. The maximum atomic E-state index is 14.4. The molecule has 1 saturated carbocycles. The second-order valence-corrected chi connectivity index (χ2v) is 8.42. The van der Waals surface area contributed by atoms with E-state index in [2.05, 4.69) is 0 Å². The Bertz CT molecular complexity index is 595. The Hall–Kier alpha value is -0.760. The molecule has 1 aromatic carbocycles. The SMILES string of the molecule is FC1(F)C(F)(F)C(F)(F)C(F)([Te]c2ccccc2)C(F)(F)C1(F)F. The summed E-state index contributed by atoms with van der Waals surface area (Å²) in [4.78, 5) is 0. The van der Waals surface area contributed by atoms with E-state index in [1.807, 2.05) is 0 Å². The van der Waals surface area contributed by atoms with Crippen LogP contribution in [0.3, 0.4) is 0 Å². The van der Waals surface area contributed by atoms with Crippen LogP contribution in [0, 0.1) is 0 Å². The van der Waals surface area contributed by atoms with Crippen LogP contribution in [0.15, 0.2) is 30.3 Å². The van der Waals surface area contributed by atoms with Crippen LogP contribution in [-0.4, -0.2) is 54.3 Å². The molecule has 1 aromatic rings. The van der Waals surface area contributed by atoms with Crippen LogP contribution in [0.25, 0.3) is 0 Å². The molecule has 2 rings (SSSR count). The van der Waals surface area contributed by atoms with Gasteiger partial charge in [0, 0.05) is 0 Å². The van der Waals surface area contributed by atoms with Crippen molar-refractivity contribution in [3.8, 4) is 0 Å². The van der Waals surface area contributed by atoms with Gasteiger partial charge in [0.25, 0.3) is 0 Å². The molecule has 12 heteroatoms. The van der Waals surface area contributed by atoms with Crippen LogP contribution >= 0.6 is 0 Å². The minimum absolute atomic E-state index is 0.651. The van der Waals surface area contributed by atoms with Crippen LogP contribution in [0.4, 0.5) is 48.3 Å². The molecule has 0 aromatic heterocycles. The van der Waals surface area contributed by atoms with Crippen molar-refractivity contribution < 1.29 is 48.3 Å². The van der Waals surface area contributed by atoms with Crippen molar-refractivity contribution in [3.05, 3.63) is 30.3 Å². The fourth-order valence-electron chi connectivity index (χ4n) is 1.97. The maximum absolute atomic E-state index is 14.4. The molecule has 0 unspecified atom stereocenters. The van der Waals surface area contributed by atoms with Crippen molar-refractivity contribution in [3.63, 3.8) is 0 Å². The van der Waals surface area contributed by atoms with E-state index < -0.39 is 57.9 Å². The van der Waals surface area contributed by atoms with Gasteiger partial charge in [0.05, 0.1) is 0 Å². The molecule has 136 valence electrons. The Morgan fingerprint density at radius 2 is 0.833 bits per heavy atom. The first kappa shape index (κ1) is 19.6. The summed E-state index contributed by atoms with van der Waals surface area (Å²) in [6, 6.07) is 4.86. The van der Waals surface area contributed by atoms with E-state index >= 15 is 0 Å². The molecule has 0 atom stereocenters. The number of hydrogen-bond acceptors (Lipinski definition) is 0. The number of alkyl halides is 11. The van der Waals surface area contributed by atoms with Gasteiger partial charge in [-0.15, -0.1) is 0 Å². The Morgan fingerprint density at radius 1 is 0.500 bits per heavy atom. The number of benzene rings is 1. The molecular formula is C12H5F11Te. The fraction of sp³-hybridized carbons (Fsp3) is 0.500. The zero-order valence-electron chi connectivity index (χ0n) is 11.0. The molecule has 0 amide bonds. The summed E-state index contributed by atoms with van der Waals surface area (Å²) in [7, 11) is 0. The third-order valence-electron chi connectivity index (χ3n) is 3.39. The van der Waals surface area contributed by atoms with Gasteiger partial charge in [-0.05, 0) is 0 Å². The molecule has 1 fully saturated rings. The van der Waals surface area contributed by atoms with Crippen LogP contribution in [0.5, 0.6) is 0 Å². The van der Waals surface area contributed by atoms with E-state index in [0.717, 1.165) is 24.3 Å². The first-order valence-corrected chi connectivity index (χ1v) is 8.23. The number of hydrogen-bond donors (Lipinski definition) is 0. The molecule has 0 radical (unpaired) electrons. The molecule has 1 aliphatic rings. The van der Waals surface area contributed by atoms with Gasteiger partial charge in [-0.2, -0.15) is 0 Å². The summed E-state index contributed by atoms with van der Waals surface area (Å²) in [5.74, 6) is -34.6. The van der Waals surface area contributed by atoms with Crippen molar-refractivity contribution in [2.75, 3.05) is 0 Å². The molecule has 0 bridgehead atoms. The Morgan fingerprint density at radius 3 is 1.21 bits per heavy atom. The minimum atomic E-state index is -7.15. The first-order chi connectivity index (χ1) is 10.6. The Kier molecular flexibility index (Phi) is 4.18. The molecule has 0 heterocycles. The predicted molar refractivity (Wildman–Crippen MR) is 60.4 cm³/mol. The van der Waals surface area contributed by atoms with Gasteiger partial charge in [-0.1, -0.05) is 0 Å². The average molecular weight is 486 g/mol. The monoisotopic (exact) mass is 488 g/mol. The average Bonchev–Trinajstić information content (AvgIpc) is 2.46. The second kappa shape index (κ2) is 5.13.